The van der Waals surface area contributed by atoms with E-state index in [1.54, 1.807) is 6.92 Å². The average molecular weight is 154 g/mol. The van der Waals surface area contributed by atoms with Crippen LogP contribution in [0, 0.1) is 12.3 Å². The van der Waals surface area contributed by atoms with Gasteiger partial charge in [0, 0.05) is 5.41 Å². The molecule has 1 saturated heterocycles. The predicted molar refractivity (Wildman–Crippen MR) is 45.2 cm³/mol. The Morgan fingerprint density at radius 1 is 1.55 bits per heavy atom. The van der Waals surface area contributed by atoms with Gasteiger partial charge in [0.05, 0.1) is 0 Å². The van der Waals surface area contributed by atoms with Gasteiger partial charge in [-0.2, -0.15) is 0 Å². The first-order chi connectivity index (χ1) is 5.21. The summed E-state index contributed by atoms with van der Waals surface area (Å²) in [5, 5.41) is 3.25. The van der Waals surface area contributed by atoms with Crippen molar-refractivity contribution in [3.63, 3.8) is 0 Å². The van der Waals surface area contributed by atoms with Gasteiger partial charge in [0.15, 0.2) is 0 Å². The van der Waals surface area contributed by atoms with Crippen LogP contribution in [0.4, 0.5) is 0 Å². The van der Waals surface area contributed by atoms with E-state index in [0.717, 1.165) is 32.4 Å². The van der Waals surface area contributed by atoms with Crippen molar-refractivity contribution in [3.05, 3.63) is 6.92 Å². The molecule has 0 unspecified atom stereocenters. The molecule has 0 aliphatic carbocycles. The van der Waals surface area contributed by atoms with Crippen LogP contribution in [-0.4, -0.2) is 18.9 Å². The normalized spacial score (nSPS) is 23.1. The maximum Gasteiger partial charge on any atom is 0.136 e. The third-order valence-electron chi connectivity index (χ3n) is 2.79. The van der Waals surface area contributed by atoms with Crippen LogP contribution in [0.25, 0.3) is 0 Å². The molecule has 1 aliphatic heterocycles. The van der Waals surface area contributed by atoms with E-state index >= 15 is 0 Å². The summed E-state index contributed by atoms with van der Waals surface area (Å²) in [5.41, 5.74) is -0.0920. The Morgan fingerprint density at radius 3 is 2.36 bits per heavy atom. The van der Waals surface area contributed by atoms with Crippen LogP contribution < -0.4 is 5.32 Å². The molecule has 1 radical (unpaired) electrons. The first kappa shape index (κ1) is 8.72. The zero-order valence-corrected chi connectivity index (χ0v) is 7.15. The molecule has 0 saturated carbocycles. The fraction of sp³-hybridized carbons (Fsp3) is 0.778. The molecule has 11 heavy (non-hydrogen) atoms. The molecule has 0 aromatic carbocycles. The van der Waals surface area contributed by atoms with Gasteiger partial charge in [-0.3, -0.25) is 4.79 Å². The monoisotopic (exact) mass is 154 g/mol. The molecule has 1 heterocycles. The molecular weight excluding hydrogens is 138 g/mol. The van der Waals surface area contributed by atoms with Gasteiger partial charge in [0.1, 0.15) is 5.78 Å². The van der Waals surface area contributed by atoms with E-state index in [-0.39, 0.29) is 5.41 Å². The van der Waals surface area contributed by atoms with Gasteiger partial charge in [-0.25, -0.2) is 0 Å². The van der Waals surface area contributed by atoms with E-state index < -0.39 is 0 Å². The molecule has 0 aromatic heterocycles. The number of hydrogen-bond donors (Lipinski definition) is 1. The smallest absolute Gasteiger partial charge is 0.136 e. The minimum absolute atomic E-state index is 0.0920. The Morgan fingerprint density at radius 2 is 2.09 bits per heavy atom. The summed E-state index contributed by atoms with van der Waals surface area (Å²) in [4.78, 5) is 11.3. The fourth-order valence-corrected chi connectivity index (χ4v) is 1.68. The zero-order chi connectivity index (χ0) is 8.32. The summed E-state index contributed by atoms with van der Waals surface area (Å²) in [6.45, 7) is 7.48. The number of piperidine rings is 1. The van der Waals surface area contributed by atoms with Crippen molar-refractivity contribution in [3.8, 4) is 0 Å². The first-order valence-corrected chi connectivity index (χ1v) is 4.22. The maximum atomic E-state index is 11.3. The highest BCUT2D eigenvalue weighted by atomic mass is 16.1. The molecule has 0 aromatic rings. The van der Waals surface area contributed by atoms with Gasteiger partial charge in [-0.1, -0.05) is 6.92 Å². The highest BCUT2D eigenvalue weighted by Crippen LogP contribution is 2.32. The lowest BCUT2D eigenvalue weighted by Crippen LogP contribution is -2.40. The summed E-state index contributed by atoms with van der Waals surface area (Å²) < 4.78 is 0. The van der Waals surface area contributed by atoms with Gasteiger partial charge < -0.3 is 5.32 Å². The van der Waals surface area contributed by atoms with Crippen molar-refractivity contribution in [2.75, 3.05) is 13.1 Å². The summed E-state index contributed by atoms with van der Waals surface area (Å²) in [5.74, 6) is 0.314. The standard InChI is InChI=1S/C9H16NO/c1-3-9(8(2)11)4-6-10-7-5-9/h10H,1,3-7H2,2H3. The molecule has 0 bridgehead atoms. The SMILES string of the molecule is [CH2]CC1(C(C)=O)CCNCC1. The summed E-state index contributed by atoms with van der Waals surface area (Å²) >= 11 is 0. The molecule has 0 spiro atoms. The highest BCUT2D eigenvalue weighted by molar-refractivity contribution is 5.82. The summed E-state index contributed by atoms with van der Waals surface area (Å²) in [6.07, 6.45) is 2.68. The highest BCUT2D eigenvalue weighted by Gasteiger charge is 2.34. The average Bonchev–Trinajstić information content (AvgIpc) is 2.05. The van der Waals surface area contributed by atoms with Crippen LogP contribution in [0.3, 0.4) is 0 Å². The zero-order valence-electron chi connectivity index (χ0n) is 7.15. The molecule has 2 heteroatoms. The molecule has 0 amide bonds. The van der Waals surface area contributed by atoms with Crippen LogP contribution in [0.15, 0.2) is 0 Å². The molecule has 0 atom stereocenters. The second-order valence-corrected chi connectivity index (χ2v) is 3.34. The minimum atomic E-state index is -0.0920. The Balaban J connectivity index is 2.64. The Kier molecular flexibility index (Phi) is 2.66. The molecule has 1 aliphatic rings. The van der Waals surface area contributed by atoms with Gasteiger partial charge in [-0.15, -0.1) is 0 Å². The van der Waals surface area contributed by atoms with Crippen molar-refractivity contribution < 1.29 is 4.79 Å². The largest absolute Gasteiger partial charge is 0.317 e. The molecule has 1 rings (SSSR count). The second kappa shape index (κ2) is 3.35. The van der Waals surface area contributed by atoms with Crippen LogP contribution in [0.5, 0.6) is 0 Å². The maximum absolute atomic E-state index is 11.3. The minimum Gasteiger partial charge on any atom is -0.317 e. The lowest BCUT2D eigenvalue weighted by molar-refractivity contribution is -0.127. The van der Waals surface area contributed by atoms with Crippen molar-refractivity contribution in [2.24, 2.45) is 5.41 Å². The third-order valence-corrected chi connectivity index (χ3v) is 2.79. The van der Waals surface area contributed by atoms with Crippen molar-refractivity contribution in [2.45, 2.75) is 26.2 Å². The molecule has 1 N–H and O–H groups in total. The van der Waals surface area contributed by atoms with Gasteiger partial charge in [-0.05, 0) is 39.3 Å². The molecular formula is C9H16NO. The fourth-order valence-electron chi connectivity index (χ4n) is 1.68. The number of carbonyl (C=O) groups excluding carboxylic acids is 1. The number of nitrogens with one attached hydrogen (secondary N) is 1. The van der Waals surface area contributed by atoms with Crippen molar-refractivity contribution in [1.82, 2.24) is 5.32 Å². The quantitative estimate of drug-likeness (QED) is 0.647. The van der Waals surface area contributed by atoms with E-state index in [1.165, 1.54) is 0 Å². The number of rotatable bonds is 2. The van der Waals surface area contributed by atoms with E-state index in [4.69, 9.17) is 0 Å². The lowest BCUT2D eigenvalue weighted by Gasteiger charge is -2.34. The van der Waals surface area contributed by atoms with Gasteiger partial charge >= 0.3 is 0 Å². The third kappa shape index (κ3) is 1.62. The number of carbonyl (C=O) groups is 1. The number of Topliss-reactive ketones (excluding diaryl/α,β-unsaturated/α-hetero) is 1. The van der Waals surface area contributed by atoms with Gasteiger partial charge in [0.25, 0.3) is 0 Å². The van der Waals surface area contributed by atoms with Crippen LogP contribution in [0.1, 0.15) is 26.2 Å². The predicted octanol–water partition coefficient (Wildman–Crippen LogP) is 1.17. The van der Waals surface area contributed by atoms with Crippen LogP contribution >= 0.6 is 0 Å². The summed E-state index contributed by atoms with van der Waals surface area (Å²) in [6, 6.07) is 0. The van der Waals surface area contributed by atoms with E-state index in [9.17, 15) is 4.79 Å². The second-order valence-electron chi connectivity index (χ2n) is 3.34. The molecule has 63 valence electrons. The lowest BCUT2D eigenvalue weighted by atomic mass is 9.74. The molecule has 1 fully saturated rings. The summed E-state index contributed by atoms with van der Waals surface area (Å²) in [7, 11) is 0. The van der Waals surface area contributed by atoms with Crippen LogP contribution in [0.2, 0.25) is 0 Å². The van der Waals surface area contributed by atoms with Gasteiger partial charge in [0.2, 0.25) is 0 Å². The van der Waals surface area contributed by atoms with Crippen LogP contribution in [-0.2, 0) is 4.79 Å². The topological polar surface area (TPSA) is 29.1 Å². The molecule has 2 nitrogen and oxygen atoms in total. The van der Waals surface area contributed by atoms with E-state index in [0.29, 0.717) is 5.78 Å². The first-order valence-electron chi connectivity index (χ1n) is 4.22. The van der Waals surface area contributed by atoms with Crippen molar-refractivity contribution in [1.29, 1.82) is 0 Å². The Bertz CT molecular complexity index is 148. The Hall–Kier alpha value is -0.370. The van der Waals surface area contributed by atoms with Crippen molar-refractivity contribution >= 4 is 5.78 Å². The van der Waals surface area contributed by atoms with E-state index in [2.05, 4.69) is 12.2 Å². The number of hydrogen-bond acceptors (Lipinski definition) is 2. The number of ketones is 1. The van der Waals surface area contributed by atoms with E-state index in [1.807, 2.05) is 0 Å². The Labute approximate surface area is 68.4 Å².